The number of hydrogen-bond donors (Lipinski definition) is 4. The van der Waals surface area contributed by atoms with Gasteiger partial charge in [-0.2, -0.15) is 0 Å². The molecule has 0 fully saturated rings. The van der Waals surface area contributed by atoms with Gasteiger partial charge in [-0.05, 0) is 0 Å². The molecule has 0 aliphatic heterocycles. The van der Waals surface area contributed by atoms with Crippen LogP contribution in [0, 0.1) is 0 Å². The molecule has 0 amide bonds. The van der Waals surface area contributed by atoms with Crippen LogP contribution >= 0.6 is 0 Å². The number of rotatable bonds is 2. The molecular weight excluding hydrogens is 160 g/mol. The van der Waals surface area contributed by atoms with Crippen molar-refractivity contribution < 1.29 is 42.1 Å². The van der Waals surface area contributed by atoms with Crippen LogP contribution in [-0.4, -0.2) is 46.9 Å². The predicted molar refractivity (Wildman–Crippen MR) is 28.3 cm³/mol. The summed E-state index contributed by atoms with van der Waals surface area (Å²) in [6, 6.07) is 0. The molecule has 5 heteroatoms. The first-order valence-electron chi connectivity index (χ1n) is 2.26. The molecular formula is C4H12O4Ti. The second-order valence-electron chi connectivity index (χ2n) is 0.894. The van der Waals surface area contributed by atoms with Crippen molar-refractivity contribution in [2.24, 2.45) is 0 Å². The van der Waals surface area contributed by atoms with Crippen LogP contribution in [0.4, 0.5) is 0 Å². The molecule has 4 N–H and O–H groups in total. The molecule has 9 heavy (non-hydrogen) atoms. The zero-order chi connectivity index (χ0) is 6.83. The molecule has 0 aromatic carbocycles. The Morgan fingerprint density at radius 2 is 0.667 bits per heavy atom. The molecule has 0 aromatic heterocycles. The second-order valence-corrected chi connectivity index (χ2v) is 0.894. The predicted octanol–water partition coefficient (Wildman–Crippen LogP) is -2.06. The molecule has 0 bridgehead atoms. The third kappa shape index (κ3) is 56.3. The van der Waals surface area contributed by atoms with Gasteiger partial charge in [0.25, 0.3) is 0 Å². The van der Waals surface area contributed by atoms with Crippen molar-refractivity contribution >= 4 is 0 Å². The van der Waals surface area contributed by atoms with Gasteiger partial charge in [0.1, 0.15) is 0 Å². The smallest absolute Gasteiger partial charge is 0.0662 e. The number of hydrogen-bond acceptors (Lipinski definition) is 4. The molecule has 0 unspecified atom stereocenters. The van der Waals surface area contributed by atoms with E-state index in [4.69, 9.17) is 20.4 Å². The van der Waals surface area contributed by atoms with Crippen molar-refractivity contribution in [2.45, 2.75) is 0 Å². The standard InChI is InChI=1S/2C2H6O2.Ti/c2*3-1-2-4;/h2*3-4H,1-2H2;. The minimum atomic E-state index is -0.125. The molecule has 0 rings (SSSR count). The fraction of sp³-hybridized carbons (Fsp3) is 1.00. The van der Waals surface area contributed by atoms with Gasteiger partial charge in [-0.25, -0.2) is 0 Å². The van der Waals surface area contributed by atoms with E-state index in [0.29, 0.717) is 0 Å². The van der Waals surface area contributed by atoms with E-state index < -0.39 is 0 Å². The molecule has 0 saturated heterocycles. The Morgan fingerprint density at radius 1 is 0.556 bits per heavy atom. The fourth-order valence-corrected chi connectivity index (χ4v) is 0. The van der Waals surface area contributed by atoms with E-state index in [0.717, 1.165) is 0 Å². The van der Waals surface area contributed by atoms with Crippen molar-refractivity contribution in [1.29, 1.82) is 0 Å². The van der Waals surface area contributed by atoms with E-state index in [1.54, 1.807) is 0 Å². The maximum Gasteiger partial charge on any atom is 0.0662 e. The first-order chi connectivity index (χ1) is 3.83. The van der Waals surface area contributed by atoms with Gasteiger partial charge < -0.3 is 20.4 Å². The first kappa shape index (κ1) is 16.3. The Morgan fingerprint density at radius 3 is 0.667 bits per heavy atom. The molecule has 0 aliphatic rings. The summed E-state index contributed by atoms with van der Waals surface area (Å²) in [4.78, 5) is 0. The third-order valence-corrected chi connectivity index (χ3v) is 0.200. The van der Waals surface area contributed by atoms with Crippen molar-refractivity contribution in [2.75, 3.05) is 26.4 Å². The monoisotopic (exact) mass is 172 g/mol. The van der Waals surface area contributed by atoms with Crippen molar-refractivity contribution in [3.05, 3.63) is 0 Å². The van der Waals surface area contributed by atoms with Gasteiger partial charge in [0, 0.05) is 21.7 Å². The normalized spacial score (nSPS) is 6.67. The quantitative estimate of drug-likeness (QED) is 0.361. The third-order valence-electron chi connectivity index (χ3n) is 0.200. The summed E-state index contributed by atoms with van der Waals surface area (Å²) in [5.41, 5.74) is 0. The van der Waals surface area contributed by atoms with Gasteiger partial charge >= 0.3 is 0 Å². The summed E-state index contributed by atoms with van der Waals surface area (Å²) in [5.74, 6) is 0. The van der Waals surface area contributed by atoms with Crippen molar-refractivity contribution in [3.8, 4) is 0 Å². The summed E-state index contributed by atoms with van der Waals surface area (Å²) >= 11 is 0. The van der Waals surface area contributed by atoms with Crippen LogP contribution in [0.15, 0.2) is 0 Å². The van der Waals surface area contributed by atoms with Gasteiger partial charge in [-0.3, -0.25) is 0 Å². The van der Waals surface area contributed by atoms with Crippen LogP contribution in [0.1, 0.15) is 0 Å². The van der Waals surface area contributed by atoms with E-state index >= 15 is 0 Å². The largest absolute Gasteiger partial charge is 0.394 e. The Labute approximate surface area is 69.0 Å². The summed E-state index contributed by atoms with van der Waals surface area (Å²) in [7, 11) is 0. The van der Waals surface area contributed by atoms with Crippen LogP contribution in [0.2, 0.25) is 0 Å². The van der Waals surface area contributed by atoms with Crippen molar-refractivity contribution in [1.82, 2.24) is 0 Å². The minimum absolute atomic E-state index is 0. The zero-order valence-electron chi connectivity index (χ0n) is 5.12. The van der Waals surface area contributed by atoms with Gasteiger partial charge in [-0.1, -0.05) is 0 Å². The summed E-state index contributed by atoms with van der Waals surface area (Å²) < 4.78 is 0. The number of aliphatic hydroxyl groups is 4. The zero-order valence-corrected chi connectivity index (χ0v) is 6.68. The van der Waals surface area contributed by atoms with E-state index in [9.17, 15) is 0 Å². The van der Waals surface area contributed by atoms with Gasteiger partial charge in [0.15, 0.2) is 0 Å². The number of aliphatic hydroxyl groups excluding tert-OH is 4. The molecule has 0 heterocycles. The Kier molecular flexibility index (Phi) is 42.6. The molecule has 0 saturated carbocycles. The molecule has 0 aliphatic carbocycles. The van der Waals surface area contributed by atoms with E-state index in [-0.39, 0.29) is 48.1 Å². The minimum Gasteiger partial charge on any atom is -0.394 e. The summed E-state index contributed by atoms with van der Waals surface area (Å²) in [6.07, 6.45) is 0. The van der Waals surface area contributed by atoms with E-state index in [2.05, 4.69) is 0 Å². The van der Waals surface area contributed by atoms with Crippen LogP contribution in [-0.2, 0) is 21.7 Å². The van der Waals surface area contributed by atoms with E-state index in [1.165, 1.54) is 0 Å². The van der Waals surface area contributed by atoms with Crippen LogP contribution in [0.25, 0.3) is 0 Å². The van der Waals surface area contributed by atoms with Gasteiger partial charge in [-0.15, -0.1) is 0 Å². The van der Waals surface area contributed by atoms with Crippen LogP contribution in [0.5, 0.6) is 0 Å². The maximum atomic E-state index is 7.62. The summed E-state index contributed by atoms with van der Waals surface area (Å²) in [5, 5.41) is 30.5. The molecule has 0 aromatic rings. The molecule has 0 atom stereocenters. The first-order valence-corrected chi connectivity index (χ1v) is 2.26. The molecule has 0 radical (unpaired) electrons. The second kappa shape index (κ2) is 23.5. The average Bonchev–Trinajstić information content (AvgIpc) is 1.88. The van der Waals surface area contributed by atoms with Crippen LogP contribution in [0.3, 0.4) is 0 Å². The molecule has 4 nitrogen and oxygen atoms in total. The van der Waals surface area contributed by atoms with Crippen molar-refractivity contribution in [3.63, 3.8) is 0 Å². The molecule has 56 valence electrons. The fourth-order valence-electron chi connectivity index (χ4n) is 0. The summed E-state index contributed by atoms with van der Waals surface area (Å²) in [6.45, 7) is -0.500. The Bertz CT molecular complexity index is 20.5. The van der Waals surface area contributed by atoms with Gasteiger partial charge in [0.05, 0.1) is 26.4 Å². The maximum absolute atomic E-state index is 7.62. The Hall–Kier alpha value is 0.554. The van der Waals surface area contributed by atoms with Gasteiger partial charge in [0.2, 0.25) is 0 Å². The van der Waals surface area contributed by atoms with E-state index in [1.807, 2.05) is 0 Å². The average molecular weight is 172 g/mol. The SMILES string of the molecule is OCCO.OCCO.[Ti]. The molecule has 0 spiro atoms. The van der Waals surface area contributed by atoms with Crippen LogP contribution < -0.4 is 0 Å². The Balaban J connectivity index is -0.0000000720. The topological polar surface area (TPSA) is 80.9 Å².